The van der Waals surface area contributed by atoms with Crippen molar-refractivity contribution in [3.05, 3.63) is 92.4 Å². The van der Waals surface area contributed by atoms with Crippen LogP contribution < -0.4 is 22.1 Å². The van der Waals surface area contributed by atoms with E-state index in [1.54, 1.807) is 10.6 Å². The van der Waals surface area contributed by atoms with Gasteiger partial charge in [-0.3, -0.25) is 9.36 Å². The lowest BCUT2D eigenvalue weighted by molar-refractivity contribution is -0.118. The molecule has 1 amide bonds. The molecule has 10 heteroatoms. The number of rotatable bonds is 11. The Morgan fingerprint density at radius 3 is 2.30 bits per heavy atom. The minimum Gasteiger partial charge on any atom is -0.356 e. The summed E-state index contributed by atoms with van der Waals surface area (Å²) in [6.45, 7) is 18.1. The van der Waals surface area contributed by atoms with Gasteiger partial charge in [0.15, 0.2) is 0 Å². The maximum absolute atomic E-state index is 14.0. The summed E-state index contributed by atoms with van der Waals surface area (Å²) in [6.07, 6.45) is 5.59. The average molecular weight is 667 g/mol. The van der Waals surface area contributed by atoms with Gasteiger partial charge in [-0.25, -0.2) is 9.18 Å². The van der Waals surface area contributed by atoms with Gasteiger partial charge in [-0.15, -0.1) is 0 Å². The third-order valence-electron chi connectivity index (χ3n) is 7.78. The first-order valence-electron chi connectivity index (χ1n) is 16.4. The number of H-pyrrole nitrogens is 1. The number of amides is 1. The first kappa shape index (κ1) is 37.9. The second-order valence-electron chi connectivity index (χ2n) is 14.4. The van der Waals surface area contributed by atoms with Gasteiger partial charge < -0.3 is 21.4 Å². The van der Waals surface area contributed by atoms with Crippen LogP contribution in [0.15, 0.2) is 53.5 Å². The number of benzene rings is 2. The van der Waals surface area contributed by atoms with E-state index in [1.165, 1.54) is 6.92 Å². The average Bonchev–Trinajstić information content (AvgIpc) is 3.40. The highest BCUT2D eigenvalue weighted by atomic mass is 35.5. The second-order valence-corrected chi connectivity index (χ2v) is 14.8. The van der Waals surface area contributed by atoms with E-state index in [-0.39, 0.29) is 39.3 Å². The van der Waals surface area contributed by atoms with Crippen molar-refractivity contribution in [2.24, 2.45) is 5.73 Å². The fourth-order valence-electron chi connectivity index (χ4n) is 5.03. The number of aryl methyl sites for hydroxylation is 1. The normalized spacial score (nSPS) is 12.5. The van der Waals surface area contributed by atoms with Crippen LogP contribution in [0.4, 0.5) is 4.39 Å². The maximum Gasteiger partial charge on any atom is 0.354 e. The van der Waals surface area contributed by atoms with Crippen LogP contribution in [0.25, 0.3) is 16.7 Å². The van der Waals surface area contributed by atoms with E-state index in [4.69, 9.17) is 17.3 Å². The van der Waals surface area contributed by atoms with E-state index in [0.717, 1.165) is 66.7 Å². The van der Waals surface area contributed by atoms with Gasteiger partial charge in [-0.05, 0) is 85.5 Å². The number of nitrogens with one attached hydrogen (secondary N) is 3. The Balaban J connectivity index is 0.000000287. The molecule has 4 aromatic rings. The molecular weight excluding hydrogens is 615 g/mol. The largest absolute Gasteiger partial charge is 0.356 e. The first-order chi connectivity index (χ1) is 22.0. The van der Waals surface area contributed by atoms with Crippen molar-refractivity contribution in [2.45, 2.75) is 104 Å². The number of aromatic amines is 1. The predicted molar refractivity (Wildman–Crippen MR) is 192 cm³/mol. The number of hydrogen-bond acceptors (Lipinski definition) is 5. The second kappa shape index (κ2) is 16.5. The minimum atomic E-state index is -0.302. The summed E-state index contributed by atoms with van der Waals surface area (Å²) in [4.78, 5) is 30.8. The van der Waals surface area contributed by atoms with Crippen LogP contribution in [0.3, 0.4) is 0 Å². The summed E-state index contributed by atoms with van der Waals surface area (Å²) < 4.78 is 15.6. The lowest BCUT2D eigenvalue weighted by Gasteiger charge is -2.21. The summed E-state index contributed by atoms with van der Waals surface area (Å²) in [6, 6.07) is 13.8. The van der Waals surface area contributed by atoms with E-state index in [2.05, 4.69) is 47.4 Å². The van der Waals surface area contributed by atoms with Gasteiger partial charge in [0.1, 0.15) is 11.5 Å². The Kier molecular flexibility index (Phi) is 13.3. The molecule has 0 aliphatic heterocycles. The highest BCUT2D eigenvalue weighted by molar-refractivity contribution is 6.30. The summed E-state index contributed by atoms with van der Waals surface area (Å²) in [7, 11) is 0. The molecule has 2 aromatic carbocycles. The SMILES string of the molecule is CC(=O)NCCCNCc1ccc(-n2cc3cc(C(C)(C)C)[nH]c3nc2=O)cc1.C[C@H](N)CCCc1cc(Cl)c(F)c(C(C)(C)C)c1. The molecule has 0 bridgehead atoms. The molecule has 0 spiro atoms. The molecule has 5 N–H and O–H groups in total. The van der Waals surface area contributed by atoms with E-state index in [0.29, 0.717) is 17.8 Å². The molecule has 2 heterocycles. The molecule has 0 saturated heterocycles. The van der Waals surface area contributed by atoms with Gasteiger partial charge in [0.25, 0.3) is 0 Å². The van der Waals surface area contributed by atoms with Crippen molar-refractivity contribution in [1.29, 1.82) is 0 Å². The predicted octanol–water partition coefficient (Wildman–Crippen LogP) is 7.07. The Morgan fingerprint density at radius 2 is 1.70 bits per heavy atom. The zero-order valence-electron chi connectivity index (χ0n) is 29.2. The van der Waals surface area contributed by atoms with Crippen LogP contribution >= 0.6 is 11.6 Å². The van der Waals surface area contributed by atoms with Gasteiger partial charge in [0, 0.05) is 48.7 Å². The number of hydrogen-bond donors (Lipinski definition) is 4. The smallest absolute Gasteiger partial charge is 0.354 e. The van der Waals surface area contributed by atoms with Crippen molar-refractivity contribution in [1.82, 2.24) is 25.2 Å². The molecule has 2 aromatic heterocycles. The first-order valence-corrected chi connectivity index (χ1v) is 16.7. The fourth-order valence-corrected chi connectivity index (χ4v) is 5.27. The standard InChI is InChI=1S/C22H29N5O2.C15H23ClFN/c1-15(28)24-11-5-10-23-13-16-6-8-18(9-7-16)27-14-17-12-19(22(2,3)4)25-20(17)26-21(27)29;1-10(18)6-5-7-11-8-12(15(2,3)4)14(17)13(16)9-11/h6-9,12,14,23H,5,10-11,13H2,1-4H3,(H,24,28)(H,25,26,29);8-10H,5-7,18H2,1-4H3/t;10-/m.0/s1. The zero-order chi connectivity index (χ0) is 34.9. The maximum atomic E-state index is 14.0. The van der Waals surface area contributed by atoms with Crippen molar-refractivity contribution in [3.8, 4) is 5.69 Å². The summed E-state index contributed by atoms with van der Waals surface area (Å²) in [5.41, 5.74) is 10.5. The summed E-state index contributed by atoms with van der Waals surface area (Å²) >= 11 is 5.97. The summed E-state index contributed by atoms with van der Waals surface area (Å²) in [5, 5.41) is 7.27. The fraction of sp³-hybridized carbons (Fsp3) is 0.486. The van der Waals surface area contributed by atoms with Crippen LogP contribution in [-0.2, 0) is 28.6 Å². The molecule has 0 fully saturated rings. The number of halogens is 2. The van der Waals surface area contributed by atoms with Crippen LogP contribution in [-0.4, -0.2) is 39.6 Å². The molecule has 256 valence electrons. The highest BCUT2D eigenvalue weighted by Crippen LogP contribution is 2.31. The van der Waals surface area contributed by atoms with Crippen molar-refractivity contribution >= 4 is 28.5 Å². The van der Waals surface area contributed by atoms with Crippen molar-refractivity contribution in [3.63, 3.8) is 0 Å². The molecule has 8 nitrogen and oxygen atoms in total. The van der Waals surface area contributed by atoms with Crippen molar-refractivity contribution < 1.29 is 9.18 Å². The van der Waals surface area contributed by atoms with Crippen LogP contribution in [0.5, 0.6) is 0 Å². The zero-order valence-corrected chi connectivity index (χ0v) is 29.9. The van der Waals surface area contributed by atoms with Crippen molar-refractivity contribution in [2.75, 3.05) is 13.1 Å². The topological polar surface area (TPSA) is 118 Å². The lowest BCUT2D eigenvalue weighted by Crippen LogP contribution is -2.25. The van der Waals surface area contributed by atoms with Gasteiger partial charge in [0.2, 0.25) is 5.91 Å². The van der Waals surface area contributed by atoms with Crippen LogP contribution in [0, 0.1) is 5.82 Å². The third kappa shape index (κ3) is 11.6. The summed E-state index contributed by atoms with van der Waals surface area (Å²) in [5.74, 6) is -0.294. The molecular formula is C37H52ClFN6O2. The molecule has 0 aliphatic carbocycles. The Hall–Kier alpha value is -3.53. The molecule has 0 radical (unpaired) electrons. The van der Waals surface area contributed by atoms with E-state index < -0.39 is 0 Å². The van der Waals surface area contributed by atoms with Crippen LogP contribution in [0.1, 0.15) is 97.0 Å². The number of carbonyl (C=O) groups excluding carboxylic acids is 1. The number of carbonyl (C=O) groups is 1. The number of nitrogens with zero attached hydrogens (tertiary/aromatic N) is 2. The van der Waals surface area contributed by atoms with E-state index in [1.807, 2.05) is 64.2 Å². The monoisotopic (exact) mass is 666 g/mol. The molecule has 1 atom stereocenters. The quantitative estimate of drug-likeness (QED) is 0.128. The third-order valence-corrected chi connectivity index (χ3v) is 8.06. The molecule has 47 heavy (non-hydrogen) atoms. The number of aromatic nitrogens is 3. The van der Waals surface area contributed by atoms with E-state index in [9.17, 15) is 14.0 Å². The molecule has 0 aliphatic rings. The molecule has 0 unspecified atom stereocenters. The minimum absolute atomic E-state index is 0.00206. The van der Waals surface area contributed by atoms with Crippen LogP contribution in [0.2, 0.25) is 5.02 Å². The van der Waals surface area contributed by atoms with Gasteiger partial charge in [-0.1, -0.05) is 71.3 Å². The Morgan fingerprint density at radius 1 is 1.02 bits per heavy atom. The number of nitrogens with two attached hydrogens (primary N) is 1. The Bertz CT molecular complexity index is 1680. The van der Waals surface area contributed by atoms with Gasteiger partial charge >= 0.3 is 5.69 Å². The number of fused-ring (bicyclic) bond motifs is 1. The molecule has 0 saturated carbocycles. The molecule has 4 rings (SSSR count). The van der Waals surface area contributed by atoms with Gasteiger partial charge in [-0.2, -0.15) is 4.98 Å². The highest BCUT2D eigenvalue weighted by Gasteiger charge is 2.21. The van der Waals surface area contributed by atoms with E-state index >= 15 is 0 Å². The van der Waals surface area contributed by atoms with Gasteiger partial charge in [0.05, 0.1) is 10.7 Å². The Labute approximate surface area is 283 Å². The lowest BCUT2D eigenvalue weighted by atomic mass is 9.85.